The molecular formula is BaO4SrTi. The van der Waals surface area contributed by atoms with Crippen molar-refractivity contribution in [2.45, 2.75) is 0 Å². The zero-order chi connectivity index (χ0) is 0. The van der Waals surface area contributed by atoms with Crippen LogP contribution in [0.5, 0.6) is 0 Å². The Morgan fingerprint density at radius 1 is 0.571 bits per heavy atom. The van der Waals surface area contributed by atoms with E-state index in [4.69, 9.17) is 0 Å². The van der Waals surface area contributed by atoms with Crippen LogP contribution in [0, 0.1) is 0 Å². The van der Waals surface area contributed by atoms with Crippen molar-refractivity contribution in [2.75, 3.05) is 0 Å². The molecule has 0 heterocycles. The standard InChI is InChI=1S/Ba.4O.Sr.Ti/q+2;4*-2;+2;+4. The molecule has 0 atom stereocenters. The zero-order valence-electron chi connectivity index (χ0n) is 3.55. The fraction of sp³-hybridized carbons (Fsp3) is 0. The van der Waals surface area contributed by atoms with Crippen molar-refractivity contribution >= 4 is 94.4 Å². The Hall–Kier alpha value is 3.61. The molecule has 7 heavy (non-hydrogen) atoms. The van der Waals surface area contributed by atoms with Crippen LogP contribution in [0.2, 0.25) is 0 Å². The predicted octanol–water partition coefficient (Wildman–Crippen LogP) is -1.24. The second-order valence-corrected chi connectivity index (χ2v) is 0. The van der Waals surface area contributed by atoms with E-state index in [-0.39, 0.29) is 138 Å². The Bertz CT molecular complexity index is 11.7. The van der Waals surface area contributed by atoms with E-state index in [0.717, 1.165) is 0 Å². The van der Waals surface area contributed by atoms with Gasteiger partial charge in [0.05, 0.1) is 0 Å². The van der Waals surface area contributed by atoms with E-state index < -0.39 is 0 Å². The van der Waals surface area contributed by atoms with Crippen LogP contribution in [-0.4, -0.2) is 94.4 Å². The minimum atomic E-state index is 0. The summed E-state index contributed by atoms with van der Waals surface area (Å²) in [6, 6.07) is 0. The van der Waals surface area contributed by atoms with Crippen LogP contribution in [0.3, 0.4) is 0 Å². The van der Waals surface area contributed by atoms with Crippen LogP contribution in [0.15, 0.2) is 0 Å². The second-order valence-electron chi connectivity index (χ2n) is 0. The van der Waals surface area contributed by atoms with Gasteiger partial charge in [0.25, 0.3) is 0 Å². The average molecular weight is 337 g/mol. The van der Waals surface area contributed by atoms with Gasteiger partial charge in [-0.15, -0.1) is 0 Å². The Balaban J connectivity index is 0. The normalized spacial score (nSPS) is 0. The van der Waals surface area contributed by atoms with Gasteiger partial charge in [-0.3, -0.25) is 0 Å². The van der Waals surface area contributed by atoms with E-state index in [2.05, 4.69) is 0 Å². The van der Waals surface area contributed by atoms with E-state index >= 15 is 0 Å². The first kappa shape index (κ1) is 75.3. The van der Waals surface area contributed by atoms with Crippen molar-refractivity contribution in [2.24, 2.45) is 0 Å². The molecule has 7 heteroatoms. The summed E-state index contributed by atoms with van der Waals surface area (Å²) in [5.74, 6) is 0. The molecule has 0 aliphatic carbocycles. The monoisotopic (exact) mass is 338 g/mol. The molecule has 0 aliphatic heterocycles. The molecule has 0 aliphatic rings. The molecule has 4 nitrogen and oxygen atoms in total. The predicted molar refractivity (Wildman–Crippen MR) is 14.3 cm³/mol. The Labute approximate surface area is 134 Å². The molecule has 0 fully saturated rings. The van der Waals surface area contributed by atoms with E-state index in [1.807, 2.05) is 0 Å². The molecular weight excluding hydrogens is 337 g/mol. The summed E-state index contributed by atoms with van der Waals surface area (Å²) in [6.45, 7) is 0. The molecule has 0 N–H and O–H groups in total. The molecule has 0 spiro atoms. The smallest absolute Gasteiger partial charge is 2.00 e. The maximum atomic E-state index is 0. The van der Waals surface area contributed by atoms with Crippen LogP contribution < -0.4 is 0 Å². The van der Waals surface area contributed by atoms with E-state index in [1.165, 1.54) is 0 Å². The number of rotatable bonds is 0. The SMILES string of the molecule is [Ba+2].[O-2].[O-2].[O-2].[O-2].[Sr+2].[Ti+4]. The third-order valence-corrected chi connectivity index (χ3v) is 0. The largest absolute Gasteiger partial charge is 4.00 e. The third-order valence-electron chi connectivity index (χ3n) is 0. The van der Waals surface area contributed by atoms with Crippen LogP contribution in [0.25, 0.3) is 0 Å². The van der Waals surface area contributed by atoms with Gasteiger partial charge < -0.3 is 21.9 Å². The van der Waals surface area contributed by atoms with Crippen LogP contribution in [0.4, 0.5) is 0 Å². The molecule has 0 unspecified atom stereocenters. The molecule has 0 bridgehead atoms. The van der Waals surface area contributed by atoms with Gasteiger partial charge in [0, 0.05) is 0 Å². The molecule has 0 saturated heterocycles. The van der Waals surface area contributed by atoms with Gasteiger partial charge in [0.2, 0.25) is 0 Å². The zero-order valence-corrected chi connectivity index (χ0v) is 13.0. The molecule has 0 aromatic rings. The summed E-state index contributed by atoms with van der Waals surface area (Å²) in [6.07, 6.45) is 0. The van der Waals surface area contributed by atoms with Gasteiger partial charge in [-0.2, -0.15) is 0 Å². The maximum Gasteiger partial charge on any atom is 4.00 e. The first-order valence-corrected chi connectivity index (χ1v) is 0. The van der Waals surface area contributed by atoms with Gasteiger partial charge in [-0.05, 0) is 0 Å². The fourth-order valence-electron chi connectivity index (χ4n) is 0. The quantitative estimate of drug-likeness (QED) is 0.492. The van der Waals surface area contributed by atoms with Gasteiger partial charge in [-0.1, -0.05) is 0 Å². The minimum Gasteiger partial charge on any atom is -2.00 e. The number of hydrogen-bond donors (Lipinski definition) is 0. The van der Waals surface area contributed by atoms with Crippen LogP contribution in [0.1, 0.15) is 0 Å². The van der Waals surface area contributed by atoms with Crippen molar-refractivity contribution in [1.29, 1.82) is 0 Å². The van der Waals surface area contributed by atoms with E-state index in [1.54, 1.807) is 0 Å². The van der Waals surface area contributed by atoms with E-state index in [0.29, 0.717) is 0 Å². The third kappa shape index (κ3) is 42.7. The Morgan fingerprint density at radius 3 is 0.571 bits per heavy atom. The summed E-state index contributed by atoms with van der Waals surface area (Å²) >= 11 is 0. The van der Waals surface area contributed by atoms with Crippen LogP contribution >= 0.6 is 0 Å². The van der Waals surface area contributed by atoms with Gasteiger partial charge in [-0.25, -0.2) is 0 Å². The summed E-state index contributed by atoms with van der Waals surface area (Å²) in [4.78, 5) is 0. The van der Waals surface area contributed by atoms with E-state index in [9.17, 15) is 0 Å². The summed E-state index contributed by atoms with van der Waals surface area (Å²) in [5.41, 5.74) is 0. The van der Waals surface area contributed by atoms with Crippen molar-refractivity contribution in [3.8, 4) is 0 Å². The molecule has 32 valence electrons. The van der Waals surface area contributed by atoms with Crippen LogP contribution in [-0.2, 0) is 43.6 Å². The minimum absolute atomic E-state index is 0. The molecule has 0 amide bonds. The molecule has 0 aromatic carbocycles. The van der Waals surface area contributed by atoms with Gasteiger partial charge in [0.1, 0.15) is 0 Å². The molecule has 0 rings (SSSR count). The van der Waals surface area contributed by atoms with Crippen molar-refractivity contribution in [3.05, 3.63) is 0 Å². The fourth-order valence-corrected chi connectivity index (χ4v) is 0. The van der Waals surface area contributed by atoms with Gasteiger partial charge in [0.15, 0.2) is 0 Å². The first-order chi connectivity index (χ1) is 0. The maximum absolute atomic E-state index is 0. The van der Waals surface area contributed by atoms with Crippen molar-refractivity contribution < 1.29 is 43.6 Å². The second kappa shape index (κ2) is 54.7. The van der Waals surface area contributed by atoms with Crippen molar-refractivity contribution in [3.63, 3.8) is 0 Å². The topological polar surface area (TPSA) is 114 Å². The number of hydrogen-bond acceptors (Lipinski definition) is 0. The van der Waals surface area contributed by atoms with Gasteiger partial charge >= 0.3 is 116 Å². The van der Waals surface area contributed by atoms with Crippen molar-refractivity contribution in [1.82, 2.24) is 0 Å². The first-order valence-electron chi connectivity index (χ1n) is 0. The summed E-state index contributed by atoms with van der Waals surface area (Å²) < 4.78 is 0. The summed E-state index contributed by atoms with van der Waals surface area (Å²) in [5, 5.41) is 0. The average Bonchev–Trinajstić information content (AvgIpc) is 0. The molecule has 0 radical (unpaired) electrons. The Morgan fingerprint density at radius 2 is 0.571 bits per heavy atom. The molecule has 0 aromatic heterocycles. The summed E-state index contributed by atoms with van der Waals surface area (Å²) in [7, 11) is 0. The molecule has 0 saturated carbocycles. The Kier molecular flexibility index (Phi) is 588.